The summed E-state index contributed by atoms with van der Waals surface area (Å²) in [4.78, 5) is 25.1. The number of hydrogen-bond donors (Lipinski definition) is 0. The number of carbonyl (C=O) groups is 1. The van der Waals surface area contributed by atoms with Crippen molar-refractivity contribution in [2.45, 2.75) is 6.92 Å². The fourth-order valence-corrected chi connectivity index (χ4v) is 3.90. The average Bonchev–Trinajstić information content (AvgIpc) is 2.87. The molecule has 0 amide bonds. The van der Waals surface area contributed by atoms with Crippen molar-refractivity contribution in [3.63, 3.8) is 0 Å². The van der Waals surface area contributed by atoms with Gasteiger partial charge in [-0.2, -0.15) is 0 Å². The predicted octanol–water partition coefficient (Wildman–Crippen LogP) is 6.65. The van der Waals surface area contributed by atoms with Crippen LogP contribution in [0.3, 0.4) is 0 Å². The lowest BCUT2D eigenvalue weighted by Gasteiger charge is -2.12. The van der Waals surface area contributed by atoms with Crippen LogP contribution in [-0.2, 0) is 0 Å². The minimum atomic E-state index is -0.473. The van der Waals surface area contributed by atoms with Crippen molar-refractivity contribution >= 4 is 16.9 Å². The zero-order chi connectivity index (χ0) is 22.8. The summed E-state index contributed by atoms with van der Waals surface area (Å²) in [7, 11) is 0. The monoisotopic (exact) mass is 432 g/mol. The molecular weight excluding hydrogens is 412 g/mol. The van der Waals surface area contributed by atoms with Crippen LogP contribution in [-0.4, -0.2) is 5.97 Å². The molecular formula is C29H20O4. The molecule has 4 nitrogen and oxygen atoms in total. The van der Waals surface area contributed by atoms with Gasteiger partial charge in [0.25, 0.3) is 0 Å². The summed E-state index contributed by atoms with van der Waals surface area (Å²) < 4.78 is 11.2. The van der Waals surface area contributed by atoms with Gasteiger partial charge in [0.2, 0.25) is 0 Å². The van der Waals surface area contributed by atoms with E-state index in [1.165, 1.54) is 6.07 Å². The first-order chi connectivity index (χ1) is 16.1. The Labute approximate surface area is 190 Å². The number of ether oxygens (including phenoxy) is 1. The SMILES string of the molecule is Cc1c(OC(=O)c2ccc(-c3ccccc3)cc2)ccc2c(-c3ccccc3)cc(=O)oc12. The van der Waals surface area contributed by atoms with Crippen molar-refractivity contribution in [2.75, 3.05) is 0 Å². The van der Waals surface area contributed by atoms with Crippen molar-refractivity contribution in [3.8, 4) is 28.0 Å². The van der Waals surface area contributed by atoms with Gasteiger partial charge < -0.3 is 9.15 Å². The molecule has 33 heavy (non-hydrogen) atoms. The maximum absolute atomic E-state index is 12.8. The van der Waals surface area contributed by atoms with Crippen LogP contribution in [0.5, 0.6) is 5.75 Å². The molecule has 0 fully saturated rings. The number of benzene rings is 4. The van der Waals surface area contributed by atoms with Gasteiger partial charge in [0.05, 0.1) is 5.56 Å². The first-order valence-electron chi connectivity index (χ1n) is 10.6. The van der Waals surface area contributed by atoms with Gasteiger partial charge in [0, 0.05) is 17.0 Å². The van der Waals surface area contributed by atoms with Gasteiger partial charge >= 0.3 is 11.6 Å². The zero-order valence-electron chi connectivity index (χ0n) is 17.9. The molecule has 5 rings (SSSR count). The van der Waals surface area contributed by atoms with Crippen LogP contribution < -0.4 is 10.4 Å². The molecule has 1 heterocycles. The van der Waals surface area contributed by atoms with Crippen LogP contribution >= 0.6 is 0 Å². The van der Waals surface area contributed by atoms with Crippen LogP contribution in [0.1, 0.15) is 15.9 Å². The highest BCUT2D eigenvalue weighted by atomic mass is 16.5. The second-order valence-electron chi connectivity index (χ2n) is 7.74. The van der Waals surface area contributed by atoms with E-state index >= 15 is 0 Å². The lowest BCUT2D eigenvalue weighted by molar-refractivity contribution is 0.0733. The van der Waals surface area contributed by atoms with E-state index in [1.807, 2.05) is 78.9 Å². The summed E-state index contributed by atoms with van der Waals surface area (Å²) in [5.41, 5.74) is 4.77. The number of aryl methyl sites for hydroxylation is 1. The third-order valence-electron chi connectivity index (χ3n) is 5.63. The van der Waals surface area contributed by atoms with Gasteiger partial charge in [-0.25, -0.2) is 9.59 Å². The van der Waals surface area contributed by atoms with E-state index in [1.54, 1.807) is 25.1 Å². The second kappa shape index (κ2) is 8.60. The van der Waals surface area contributed by atoms with Gasteiger partial charge in [-0.15, -0.1) is 0 Å². The summed E-state index contributed by atoms with van der Waals surface area (Å²) >= 11 is 0. The molecule has 0 radical (unpaired) electrons. The molecule has 0 aliphatic carbocycles. The largest absolute Gasteiger partial charge is 0.423 e. The summed E-state index contributed by atoms with van der Waals surface area (Å²) in [6, 6.07) is 31.9. The van der Waals surface area contributed by atoms with Crippen molar-refractivity contribution in [2.24, 2.45) is 0 Å². The molecule has 0 unspecified atom stereocenters. The Balaban J connectivity index is 1.46. The molecule has 0 spiro atoms. The molecule has 0 aliphatic heterocycles. The van der Waals surface area contributed by atoms with Crippen LogP contribution in [0.15, 0.2) is 112 Å². The Hall–Kier alpha value is -4.44. The molecule has 0 atom stereocenters. The number of rotatable bonds is 4. The number of esters is 1. The summed E-state index contributed by atoms with van der Waals surface area (Å²) in [5.74, 6) is -0.119. The number of hydrogen-bond acceptors (Lipinski definition) is 4. The van der Waals surface area contributed by atoms with Crippen LogP contribution in [0, 0.1) is 6.92 Å². The molecule has 4 aromatic carbocycles. The van der Waals surface area contributed by atoms with E-state index in [9.17, 15) is 9.59 Å². The Morgan fingerprint density at radius 3 is 2.00 bits per heavy atom. The topological polar surface area (TPSA) is 56.5 Å². The molecule has 1 aromatic heterocycles. The van der Waals surface area contributed by atoms with E-state index in [4.69, 9.17) is 9.15 Å². The Kier molecular flexibility index (Phi) is 5.33. The summed E-state index contributed by atoms with van der Waals surface area (Å²) in [6.45, 7) is 1.78. The Morgan fingerprint density at radius 2 is 1.33 bits per heavy atom. The molecule has 0 aliphatic rings. The fraction of sp³-hybridized carbons (Fsp3) is 0.0345. The van der Waals surface area contributed by atoms with Gasteiger partial charge in [-0.1, -0.05) is 72.8 Å². The van der Waals surface area contributed by atoms with Crippen LogP contribution in [0.4, 0.5) is 0 Å². The highest BCUT2D eigenvalue weighted by Crippen LogP contribution is 2.33. The van der Waals surface area contributed by atoms with E-state index in [-0.39, 0.29) is 0 Å². The Morgan fingerprint density at radius 1 is 0.727 bits per heavy atom. The van der Waals surface area contributed by atoms with E-state index < -0.39 is 11.6 Å². The molecule has 0 saturated carbocycles. The standard InChI is InChI=1S/C29H20O4/c1-19-26(32-29(31)23-14-12-21(13-15-23)20-8-4-2-5-9-20)17-16-24-25(18-27(30)33-28(19)24)22-10-6-3-7-11-22/h2-18H,1H3. The van der Waals surface area contributed by atoms with Crippen LogP contribution in [0.2, 0.25) is 0 Å². The molecule has 0 saturated heterocycles. The quantitative estimate of drug-likeness (QED) is 0.181. The molecule has 0 bridgehead atoms. The third-order valence-corrected chi connectivity index (χ3v) is 5.63. The van der Waals surface area contributed by atoms with E-state index in [0.717, 1.165) is 27.6 Å². The maximum atomic E-state index is 12.8. The van der Waals surface area contributed by atoms with Crippen molar-refractivity contribution in [1.82, 2.24) is 0 Å². The van der Waals surface area contributed by atoms with Crippen molar-refractivity contribution in [3.05, 3.63) is 125 Å². The number of fused-ring (bicyclic) bond motifs is 1. The third kappa shape index (κ3) is 4.06. The minimum Gasteiger partial charge on any atom is -0.423 e. The second-order valence-corrected chi connectivity index (χ2v) is 7.74. The Bertz CT molecular complexity index is 1500. The predicted molar refractivity (Wildman–Crippen MR) is 129 cm³/mol. The lowest BCUT2D eigenvalue weighted by atomic mass is 10.00. The fourth-order valence-electron chi connectivity index (χ4n) is 3.90. The molecule has 0 N–H and O–H groups in total. The van der Waals surface area contributed by atoms with Gasteiger partial charge in [-0.3, -0.25) is 0 Å². The highest BCUT2D eigenvalue weighted by molar-refractivity contribution is 5.97. The van der Waals surface area contributed by atoms with Crippen molar-refractivity contribution in [1.29, 1.82) is 0 Å². The smallest absolute Gasteiger partial charge is 0.343 e. The van der Waals surface area contributed by atoms with Gasteiger partial charge in [-0.05, 0) is 53.4 Å². The molecule has 4 heteroatoms. The highest BCUT2D eigenvalue weighted by Gasteiger charge is 2.16. The van der Waals surface area contributed by atoms with E-state index in [0.29, 0.717) is 22.5 Å². The van der Waals surface area contributed by atoms with Gasteiger partial charge in [0.1, 0.15) is 11.3 Å². The minimum absolute atomic E-state index is 0.355. The maximum Gasteiger partial charge on any atom is 0.343 e. The number of carbonyl (C=O) groups excluding carboxylic acids is 1. The first kappa shape index (κ1) is 20.5. The molecule has 5 aromatic rings. The summed E-state index contributed by atoms with van der Waals surface area (Å²) in [6.07, 6.45) is 0. The van der Waals surface area contributed by atoms with Crippen LogP contribution in [0.25, 0.3) is 33.2 Å². The summed E-state index contributed by atoms with van der Waals surface area (Å²) in [5, 5.41) is 0.783. The normalized spacial score (nSPS) is 10.8. The van der Waals surface area contributed by atoms with E-state index in [2.05, 4.69) is 0 Å². The van der Waals surface area contributed by atoms with Gasteiger partial charge in [0.15, 0.2) is 0 Å². The zero-order valence-corrected chi connectivity index (χ0v) is 17.9. The van der Waals surface area contributed by atoms with Crippen molar-refractivity contribution < 1.29 is 13.9 Å². The average molecular weight is 432 g/mol. The molecule has 160 valence electrons. The first-order valence-corrected chi connectivity index (χ1v) is 10.6. The lowest BCUT2D eigenvalue weighted by Crippen LogP contribution is -2.09.